The summed E-state index contributed by atoms with van der Waals surface area (Å²) in [4.78, 5) is 28.4. The van der Waals surface area contributed by atoms with E-state index >= 15 is 0 Å². The zero-order valence-electron chi connectivity index (χ0n) is 13.4. The number of halogens is 2. The third-order valence-electron chi connectivity index (χ3n) is 4.15. The van der Waals surface area contributed by atoms with Crippen LogP contribution in [-0.4, -0.2) is 54.0 Å². The summed E-state index contributed by atoms with van der Waals surface area (Å²) in [6, 6.07) is 5.19. The number of carbonyl (C=O) groups excluding carboxylic acids is 2. The lowest BCUT2D eigenvalue weighted by molar-refractivity contribution is -0.171. The van der Waals surface area contributed by atoms with Crippen LogP contribution < -0.4 is 0 Å². The largest absolute Gasteiger partial charge is 0.464 e. The molecule has 1 heterocycles. The van der Waals surface area contributed by atoms with Gasteiger partial charge in [0.15, 0.2) is 5.54 Å². The molecule has 0 radical (unpaired) electrons. The fourth-order valence-corrected chi connectivity index (χ4v) is 3.15. The van der Waals surface area contributed by atoms with Crippen molar-refractivity contribution in [2.75, 3.05) is 26.7 Å². The van der Waals surface area contributed by atoms with Gasteiger partial charge in [-0.1, -0.05) is 29.3 Å². The molecule has 0 aliphatic carbocycles. The Balaban J connectivity index is 2.33. The van der Waals surface area contributed by atoms with E-state index in [1.165, 1.54) is 0 Å². The Bertz CT molecular complexity index is 623. The highest BCUT2D eigenvalue weighted by atomic mass is 35.5. The van der Waals surface area contributed by atoms with Crippen LogP contribution >= 0.6 is 23.2 Å². The first-order chi connectivity index (χ1) is 10.8. The van der Waals surface area contributed by atoms with Crippen molar-refractivity contribution in [3.8, 4) is 0 Å². The van der Waals surface area contributed by atoms with E-state index < -0.39 is 11.5 Å². The number of esters is 1. The van der Waals surface area contributed by atoms with Gasteiger partial charge in [0.25, 0.3) is 5.91 Å². The van der Waals surface area contributed by atoms with E-state index in [1.54, 1.807) is 44.0 Å². The fraction of sp³-hybridized carbons (Fsp3) is 0.500. The van der Waals surface area contributed by atoms with Gasteiger partial charge in [0.1, 0.15) is 0 Å². The van der Waals surface area contributed by atoms with Crippen molar-refractivity contribution in [2.45, 2.75) is 25.9 Å². The summed E-state index contributed by atoms with van der Waals surface area (Å²) >= 11 is 12.1. The highest BCUT2D eigenvalue weighted by Crippen LogP contribution is 2.29. The van der Waals surface area contributed by atoms with Gasteiger partial charge in [-0.3, -0.25) is 9.69 Å². The first-order valence-electron chi connectivity index (χ1n) is 7.42. The van der Waals surface area contributed by atoms with Crippen molar-refractivity contribution in [1.29, 1.82) is 0 Å². The Kier molecular flexibility index (Phi) is 5.55. The molecule has 1 aliphatic rings. The molecule has 0 N–H and O–H groups in total. The van der Waals surface area contributed by atoms with E-state index in [-0.39, 0.29) is 12.5 Å². The van der Waals surface area contributed by atoms with E-state index in [9.17, 15) is 9.59 Å². The minimum absolute atomic E-state index is 0.223. The number of amides is 1. The molecule has 2 rings (SSSR count). The zero-order chi connectivity index (χ0) is 17.2. The van der Waals surface area contributed by atoms with Crippen molar-refractivity contribution in [1.82, 2.24) is 9.80 Å². The number of benzene rings is 1. The standard InChI is InChI=1S/C16H20Cl2N2O3/c1-4-23-15(22)16(2)14(21)19(3)7-8-20(16)10-11-5-6-12(17)9-13(11)18/h5-6,9H,4,7-8,10H2,1-3H3. The Morgan fingerprint density at radius 1 is 1.35 bits per heavy atom. The lowest BCUT2D eigenvalue weighted by Crippen LogP contribution is -2.67. The van der Waals surface area contributed by atoms with Gasteiger partial charge in [-0.05, 0) is 31.5 Å². The SMILES string of the molecule is CCOC(=O)C1(C)C(=O)N(C)CCN1Cc1ccc(Cl)cc1Cl. The van der Waals surface area contributed by atoms with Crippen LogP contribution in [0.25, 0.3) is 0 Å². The number of piperazine rings is 1. The third kappa shape index (κ3) is 3.47. The third-order valence-corrected chi connectivity index (χ3v) is 4.74. The van der Waals surface area contributed by atoms with Gasteiger partial charge < -0.3 is 9.64 Å². The quantitative estimate of drug-likeness (QED) is 0.613. The summed E-state index contributed by atoms with van der Waals surface area (Å²) in [5, 5.41) is 1.05. The Hall–Kier alpha value is -1.30. The lowest BCUT2D eigenvalue weighted by atomic mass is 9.94. The highest BCUT2D eigenvalue weighted by Gasteiger charge is 2.51. The molecular weight excluding hydrogens is 339 g/mol. The molecule has 23 heavy (non-hydrogen) atoms. The molecule has 1 amide bonds. The molecule has 1 saturated heterocycles. The normalized spacial score (nSPS) is 22.3. The van der Waals surface area contributed by atoms with Gasteiger partial charge >= 0.3 is 5.97 Å². The summed E-state index contributed by atoms with van der Waals surface area (Å²) in [7, 11) is 1.69. The van der Waals surface area contributed by atoms with Crippen LogP contribution in [-0.2, 0) is 20.9 Å². The minimum Gasteiger partial charge on any atom is -0.464 e. The maximum atomic E-state index is 12.6. The molecule has 0 spiro atoms. The number of nitrogens with zero attached hydrogens (tertiary/aromatic N) is 2. The number of likely N-dealkylation sites (N-methyl/N-ethyl adjacent to an activating group) is 1. The van der Waals surface area contributed by atoms with Crippen LogP contribution in [0.4, 0.5) is 0 Å². The van der Waals surface area contributed by atoms with E-state index in [0.29, 0.717) is 29.7 Å². The van der Waals surface area contributed by atoms with Crippen molar-refractivity contribution < 1.29 is 14.3 Å². The first-order valence-corrected chi connectivity index (χ1v) is 8.18. The second-order valence-electron chi connectivity index (χ2n) is 5.68. The Morgan fingerprint density at radius 3 is 2.65 bits per heavy atom. The fourth-order valence-electron chi connectivity index (χ4n) is 2.68. The number of ether oxygens (including phenoxy) is 1. The summed E-state index contributed by atoms with van der Waals surface area (Å²) in [6.07, 6.45) is 0. The summed E-state index contributed by atoms with van der Waals surface area (Å²) in [6.45, 7) is 5.01. The molecule has 1 unspecified atom stereocenters. The van der Waals surface area contributed by atoms with Gasteiger partial charge in [-0.15, -0.1) is 0 Å². The van der Waals surface area contributed by atoms with Crippen LogP contribution in [0.2, 0.25) is 10.0 Å². The molecule has 0 bridgehead atoms. The van der Waals surface area contributed by atoms with E-state index in [2.05, 4.69) is 0 Å². The molecule has 1 atom stereocenters. The molecule has 7 heteroatoms. The molecule has 1 aromatic rings. The summed E-state index contributed by atoms with van der Waals surface area (Å²) in [5.41, 5.74) is -0.546. The predicted molar refractivity (Wildman–Crippen MR) is 89.5 cm³/mol. The molecule has 126 valence electrons. The second-order valence-corrected chi connectivity index (χ2v) is 6.52. The Labute approximate surface area is 146 Å². The van der Waals surface area contributed by atoms with Crippen LogP contribution in [0.5, 0.6) is 0 Å². The van der Waals surface area contributed by atoms with Gasteiger partial charge in [0, 0.05) is 36.7 Å². The van der Waals surface area contributed by atoms with Crippen LogP contribution in [0, 0.1) is 0 Å². The van der Waals surface area contributed by atoms with Crippen molar-refractivity contribution in [3.05, 3.63) is 33.8 Å². The number of hydrogen-bond donors (Lipinski definition) is 0. The van der Waals surface area contributed by atoms with Crippen molar-refractivity contribution in [3.63, 3.8) is 0 Å². The highest BCUT2D eigenvalue weighted by molar-refractivity contribution is 6.35. The zero-order valence-corrected chi connectivity index (χ0v) is 14.9. The van der Waals surface area contributed by atoms with Gasteiger partial charge in [-0.25, -0.2) is 4.79 Å². The first kappa shape index (κ1) is 18.0. The topological polar surface area (TPSA) is 49.9 Å². The number of hydrogen-bond acceptors (Lipinski definition) is 4. The molecule has 1 aromatic carbocycles. The molecular formula is C16H20Cl2N2O3. The Morgan fingerprint density at radius 2 is 2.04 bits per heavy atom. The van der Waals surface area contributed by atoms with Crippen LogP contribution in [0.3, 0.4) is 0 Å². The smallest absolute Gasteiger partial charge is 0.336 e. The van der Waals surface area contributed by atoms with Crippen molar-refractivity contribution >= 4 is 35.1 Å². The summed E-state index contributed by atoms with van der Waals surface area (Å²) in [5.74, 6) is -0.811. The van der Waals surface area contributed by atoms with Gasteiger partial charge in [0.05, 0.1) is 6.61 Å². The minimum atomic E-state index is -1.36. The van der Waals surface area contributed by atoms with Crippen LogP contribution in [0.1, 0.15) is 19.4 Å². The molecule has 1 aliphatic heterocycles. The summed E-state index contributed by atoms with van der Waals surface area (Å²) < 4.78 is 5.14. The maximum absolute atomic E-state index is 12.6. The van der Waals surface area contributed by atoms with E-state index in [4.69, 9.17) is 27.9 Å². The maximum Gasteiger partial charge on any atom is 0.336 e. The van der Waals surface area contributed by atoms with Crippen molar-refractivity contribution in [2.24, 2.45) is 0 Å². The monoisotopic (exact) mass is 358 g/mol. The average Bonchev–Trinajstić information content (AvgIpc) is 2.50. The molecule has 0 saturated carbocycles. The van der Waals surface area contributed by atoms with E-state index in [1.807, 2.05) is 4.90 Å². The predicted octanol–water partition coefficient (Wildman–Crippen LogP) is 2.59. The molecule has 0 aromatic heterocycles. The molecule has 1 fully saturated rings. The lowest BCUT2D eigenvalue weighted by Gasteiger charge is -2.44. The molecule has 5 nitrogen and oxygen atoms in total. The van der Waals surface area contributed by atoms with Gasteiger partial charge in [-0.2, -0.15) is 0 Å². The number of rotatable bonds is 4. The van der Waals surface area contributed by atoms with E-state index in [0.717, 1.165) is 5.56 Å². The second kappa shape index (κ2) is 7.07. The van der Waals surface area contributed by atoms with Crippen LogP contribution in [0.15, 0.2) is 18.2 Å². The average molecular weight is 359 g/mol. The number of carbonyl (C=O) groups is 2. The van der Waals surface area contributed by atoms with Gasteiger partial charge in [0.2, 0.25) is 0 Å².